The Bertz CT molecular complexity index is 278. The van der Waals surface area contributed by atoms with Crippen molar-refractivity contribution in [3.63, 3.8) is 0 Å². The van der Waals surface area contributed by atoms with Gasteiger partial charge >= 0.3 is 0 Å². The molecule has 18 heavy (non-hydrogen) atoms. The Balaban J connectivity index is 1.75. The lowest BCUT2D eigenvalue weighted by Gasteiger charge is -2.34. The summed E-state index contributed by atoms with van der Waals surface area (Å²) in [6.45, 7) is 5.95. The molecule has 1 aliphatic heterocycles. The summed E-state index contributed by atoms with van der Waals surface area (Å²) in [7, 11) is 0. The number of nitrogens with one attached hydrogen (secondary N) is 1. The second-order valence-electron chi connectivity index (χ2n) is 6.06. The number of nitriles is 1. The summed E-state index contributed by atoms with van der Waals surface area (Å²) in [5.74, 6) is 0.238. The lowest BCUT2D eigenvalue weighted by molar-refractivity contribution is 0.192. The molecule has 1 saturated heterocycles. The molecule has 1 aliphatic carbocycles. The zero-order chi connectivity index (χ0) is 12.8. The van der Waals surface area contributed by atoms with Gasteiger partial charge in [0.1, 0.15) is 0 Å². The number of piperidine rings is 1. The zero-order valence-electron chi connectivity index (χ0n) is 11.7. The molecule has 0 aromatic rings. The van der Waals surface area contributed by atoms with E-state index in [9.17, 15) is 5.26 Å². The maximum atomic E-state index is 9.20. The Kier molecular flexibility index (Phi) is 5.46. The van der Waals surface area contributed by atoms with Crippen molar-refractivity contribution in [3.05, 3.63) is 0 Å². The van der Waals surface area contributed by atoms with Gasteiger partial charge in [-0.05, 0) is 45.7 Å². The van der Waals surface area contributed by atoms with Crippen LogP contribution in [0.5, 0.6) is 0 Å². The van der Waals surface area contributed by atoms with E-state index in [1.165, 1.54) is 51.6 Å². The number of hydrogen-bond donors (Lipinski definition) is 1. The van der Waals surface area contributed by atoms with Gasteiger partial charge in [-0.1, -0.05) is 19.3 Å². The van der Waals surface area contributed by atoms with Gasteiger partial charge in [0.05, 0.1) is 12.0 Å². The van der Waals surface area contributed by atoms with Crippen LogP contribution in [-0.4, -0.2) is 36.6 Å². The second-order valence-corrected chi connectivity index (χ2v) is 6.06. The molecule has 1 N–H and O–H groups in total. The monoisotopic (exact) mass is 249 g/mol. The molecule has 2 rings (SSSR count). The van der Waals surface area contributed by atoms with Crippen LogP contribution in [0.25, 0.3) is 0 Å². The quantitative estimate of drug-likeness (QED) is 0.832. The predicted molar refractivity (Wildman–Crippen MR) is 74.2 cm³/mol. The molecule has 0 aromatic heterocycles. The van der Waals surface area contributed by atoms with Gasteiger partial charge in [0.25, 0.3) is 0 Å². The van der Waals surface area contributed by atoms with Crippen molar-refractivity contribution in [2.24, 2.45) is 5.92 Å². The van der Waals surface area contributed by atoms with Crippen molar-refractivity contribution in [2.75, 3.05) is 19.6 Å². The first-order valence-electron chi connectivity index (χ1n) is 7.67. The van der Waals surface area contributed by atoms with E-state index < -0.39 is 0 Å². The average Bonchev–Trinajstić information content (AvgIpc) is 2.40. The third-order valence-electron chi connectivity index (χ3n) is 4.41. The highest BCUT2D eigenvalue weighted by atomic mass is 15.2. The fourth-order valence-electron chi connectivity index (χ4n) is 3.43. The Morgan fingerprint density at radius 2 is 1.89 bits per heavy atom. The number of hydrogen-bond acceptors (Lipinski definition) is 3. The van der Waals surface area contributed by atoms with E-state index >= 15 is 0 Å². The van der Waals surface area contributed by atoms with Gasteiger partial charge in [-0.15, -0.1) is 0 Å². The molecule has 0 bridgehead atoms. The van der Waals surface area contributed by atoms with Gasteiger partial charge in [0.2, 0.25) is 0 Å². The topological polar surface area (TPSA) is 39.1 Å². The van der Waals surface area contributed by atoms with E-state index in [2.05, 4.69) is 23.2 Å². The standard InChI is InChI=1S/C15H27N3/c1-13(12-18-9-5-2-6-10-18)17-15-8-4-3-7-14(15)11-16/h13-15,17H,2-10,12H2,1H3. The van der Waals surface area contributed by atoms with Crippen LogP contribution >= 0.6 is 0 Å². The van der Waals surface area contributed by atoms with Gasteiger partial charge in [-0.2, -0.15) is 5.26 Å². The molecule has 2 fully saturated rings. The van der Waals surface area contributed by atoms with Gasteiger partial charge < -0.3 is 10.2 Å². The fourth-order valence-corrected chi connectivity index (χ4v) is 3.43. The van der Waals surface area contributed by atoms with E-state index in [0.717, 1.165) is 13.0 Å². The highest BCUT2D eigenvalue weighted by molar-refractivity contribution is 4.95. The lowest BCUT2D eigenvalue weighted by atomic mass is 9.85. The summed E-state index contributed by atoms with van der Waals surface area (Å²) in [5, 5.41) is 12.9. The molecule has 0 radical (unpaired) electrons. The van der Waals surface area contributed by atoms with Crippen molar-refractivity contribution in [1.29, 1.82) is 5.26 Å². The highest BCUT2D eigenvalue weighted by Crippen LogP contribution is 2.24. The molecule has 0 aromatic carbocycles. The summed E-state index contributed by atoms with van der Waals surface area (Å²) >= 11 is 0. The first kappa shape index (κ1) is 13.8. The molecule has 2 aliphatic rings. The molecule has 102 valence electrons. The van der Waals surface area contributed by atoms with Crippen LogP contribution in [0.3, 0.4) is 0 Å². The van der Waals surface area contributed by atoms with Crippen LogP contribution in [-0.2, 0) is 0 Å². The smallest absolute Gasteiger partial charge is 0.0672 e. The van der Waals surface area contributed by atoms with Crippen molar-refractivity contribution in [3.8, 4) is 6.07 Å². The minimum atomic E-state index is 0.238. The average molecular weight is 249 g/mol. The molecule has 3 nitrogen and oxygen atoms in total. The third-order valence-corrected chi connectivity index (χ3v) is 4.41. The van der Waals surface area contributed by atoms with Gasteiger partial charge in [0, 0.05) is 18.6 Å². The van der Waals surface area contributed by atoms with Crippen LogP contribution in [0.1, 0.15) is 51.9 Å². The minimum Gasteiger partial charge on any atom is -0.309 e. The van der Waals surface area contributed by atoms with E-state index in [1.54, 1.807) is 0 Å². The van der Waals surface area contributed by atoms with Gasteiger partial charge in [0.15, 0.2) is 0 Å². The molecule has 3 atom stereocenters. The molecule has 3 heteroatoms. The molecular formula is C15H27N3. The molecule has 3 unspecified atom stereocenters. The lowest BCUT2D eigenvalue weighted by Crippen LogP contribution is -2.48. The van der Waals surface area contributed by atoms with Crippen LogP contribution < -0.4 is 5.32 Å². The van der Waals surface area contributed by atoms with E-state index in [-0.39, 0.29) is 5.92 Å². The molecule has 1 saturated carbocycles. The van der Waals surface area contributed by atoms with E-state index in [1.807, 2.05) is 0 Å². The Labute approximate surface area is 112 Å². The van der Waals surface area contributed by atoms with Crippen LogP contribution in [0.2, 0.25) is 0 Å². The first-order valence-corrected chi connectivity index (χ1v) is 7.67. The van der Waals surface area contributed by atoms with E-state index in [0.29, 0.717) is 12.1 Å². The maximum absolute atomic E-state index is 9.20. The summed E-state index contributed by atoms with van der Waals surface area (Å²) in [4.78, 5) is 2.57. The first-order chi connectivity index (χ1) is 8.79. The van der Waals surface area contributed by atoms with E-state index in [4.69, 9.17) is 0 Å². The highest BCUT2D eigenvalue weighted by Gasteiger charge is 2.26. The summed E-state index contributed by atoms with van der Waals surface area (Å²) in [5.41, 5.74) is 0. The zero-order valence-corrected chi connectivity index (χ0v) is 11.7. The van der Waals surface area contributed by atoms with Crippen LogP contribution in [0.15, 0.2) is 0 Å². The van der Waals surface area contributed by atoms with Crippen molar-refractivity contribution in [2.45, 2.75) is 64.0 Å². The van der Waals surface area contributed by atoms with Crippen molar-refractivity contribution < 1.29 is 0 Å². The molecule has 0 amide bonds. The van der Waals surface area contributed by atoms with Crippen molar-refractivity contribution in [1.82, 2.24) is 10.2 Å². The van der Waals surface area contributed by atoms with Crippen LogP contribution in [0, 0.1) is 17.2 Å². The SMILES string of the molecule is CC(CN1CCCCC1)NC1CCCCC1C#N. The summed E-state index contributed by atoms with van der Waals surface area (Å²) in [6, 6.07) is 3.44. The molecular weight excluding hydrogens is 222 g/mol. The summed E-state index contributed by atoms with van der Waals surface area (Å²) < 4.78 is 0. The number of rotatable bonds is 4. The largest absolute Gasteiger partial charge is 0.309 e. The Hall–Kier alpha value is -0.590. The maximum Gasteiger partial charge on any atom is 0.0672 e. The van der Waals surface area contributed by atoms with Crippen LogP contribution in [0.4, 0.5) is 0 Å². The number of nitrogens with zero attached hydrogens (tertiary/aromatic N) is 2. The summed E-state index contributed by atoms with van der Waals surface area (Å²) in [6.07, 6.45) is 8.90. The third kappa shape index (κ3) is 3.96. The Morgan fingerprint density at radius 1 is 1.17 bits per heavy atom. The van der Waals surface area contributed by atoms with Gasteiger partial charge in [-0.3, -0.25) is 0 Å². The van der Waals surface area contributed by atoms with Gasteiger partial charge in [-0.25, -0.2) is 0 Å². The molecule has 1 heterocycles. The van der Waals surface area contributed by atoms with Crippen molar-refractivity contribution >= 4 is 0 Å². The fraction of sp³-hybridized carbons (Fsp3) is 0.933. The predicted octanol–water partition coefficient (Wildman–Crippen LogP) is 2.53. The second kappa shape index (κ2) is 7.11. The Morgan fingerprint density at radius 3 is 2.61 bits per heavy atom. The minimum absolute atomic E-state index is 0.238. The number of likely N-dealkylation sites (tertiary alicyclic amines) is 1. The normalized spacial score (nSPS) is 31.8. The molecule has 0 spiro atoms.